The number of nitrogens with zero attached hydrogens (tertiary/aromatic N) is 1. The molecule has 0 fully saturated rings. The van der Waals surface area contributed by atoms with E-state index in [-0.39, 0.29) is 5.91 Å². The zero-order valence-electron chi connectivity index (χ0n) is 13.4. The van der Waals surface area contributed by atoms with Crippen LogP contribution in [0.4, 0.5) is 0 Å². The SMILES string of the molecule is CCCOc1ccc(C(=O)n2cc(C(N)=O)c3ccccc32)cc1. The Balaban J connectivity index is 1.98. The van der Waals surface area contributed by atoms with Crippen molar-refractivity contribution < 1.29 is 14.3 Å². The van der Waals surface area contributed by atoms with Crippen LogP contribution in [0.2, 0.25) is 0 Å². The summed E-state index contributed by atoms with van der Waals surface area (Å²) in [6.45, 7) is 2.67. The Morgan fingerprint density at radius 1 is 1.08 bits per heavy atom. The summed E-state index contributed by atoms with van der Waals surface area (Å²) < 4.78 is 6.98. The zero-order valence-corrected chi connectivity index (χ0v) is 13.4. The molecule has 24 heavy (non-hydrogen) atoms. The van der Waals surface area contributed by atoms with E-state index in [1.165, 1.54) is 10.8 Å². The Labute approximate surface area is 139 Å². The van der Waals surface area contributed by atoms with Crippen molar-refractivity contribution in [2.45, 2.75) is 13.3 Å². The smallest absolute Gasteiger partial charge is 0.262 e. The number of primary amides is 1. The topological polar surface area (TPSA) is 74.3 Å². The third-order valence-corrected chi connectivity index (χ3v) is 3.77. The molecule has 3 rings (SSSR count). The van der Waals surface area contributed by atoms with Gasteiger partial charge >= 0.3 is 0 Å². The molecule has 2 N–H and O–H groups in total. The van der Waals surface area contributed by atoms with Gasteiger partial charge in [-0.1, -0.05) is 25.1 Å². The van der Waals surface area contributed by atoms with Gasteiger partial charge in [-0.05, 0) is 36.8 Å². The lowest BCUT2D eigenvalue weighted by Crippen LogP contribution is -2.12. The summed E-state index contributed by atoms with van der Waals surface area (Å²) in [5.74, 6) is -0.0506. The number of aromatic nitrogens is 1. The molecule has 0 aliphatic carbocycles. The van der Waals surface area contributed by atoms with Crippen molar-refractivity contribution in [1.82, 2.24) is 4.57 Å². The summed E-state index contributed by atoms with van der Waals surface area (Å²) in [6.07, 6.45) is 2.42. The molecule has 0 saturated heterocycles. The first-order valence-corrected chi connectivity index (χ1v) is 7.79. The second-order valence-corrected chi connectivity index (χ2v) is 5.47. The van der Waals surface area contributed by atoms with E-state index in [1.807, 2.05) is 19.1 Å². The van der Waals surface area contributed by atoms with Crippen LogP contribution in [0.25, 0.3) is 10.9 Å². The fraction of sp³-hybridized carbons (Fsp3) is 0.158. The molecule has 0 unspecified atom stereocenters. The highest BCUT2D eigenvalue weighted by Gasteiger charge is 2.17. The molecule has 2 aromatic carbocycles. The number of amides is 1. The number of carbonyl (C=O) groups is 2. The number of benzene rings is 2. The number of rotatable bonds is 5. The van der Waals surface area contributed by atoms with Crippen LogP contribution < -0.4 is 10.5 Å². The molecule has 0 aliphatic rings. The highest BCUT2D eigenvalue weighted by molar-refractivity contribution is 6.11. The minimum atomic E-state index is -0.555. The first-order chi connectivity index (χ1) is 11.6. The second-order valence-electron chi connectivity index (χ2n) is 5.47. The van der Waals surface area contributed by atoms with Gasteiger partial charge in [-0.25, -0.2) is 0 Å². The average Bonchev–Trinajstić information content (AvgIpc) is 3.00. The molecule has 0 bridgehead atoms. The third-order valence-electron chi connectivity index (χ3n) is 3.77. The first-order valence-electron chi connectivity index (χ1n) is 7.79. The first kappa shape index (κ1) is 15.8. The van der Waals surface area contributed by atoms with E-state index >= 15 is 0 Å². The van der Waals surface area contributed by atoms with E-state index in [2.05, 4.69) is 0 Å². The van der Waals surface area contributed by atoms with Gasteiger partial charge in [0, 0.05) is 17.1 Å². The standard InChI is InChI=1S/C19H18N2O3/c1-2-11-24-14-9-7-13(8-10-14)19(23)21-12-16(18(20)22)15-5-3-4-6-17(15)21/h3-10,12H,2,11H2,1H3,(H2,20,22). The Hall–Kier alpha value is -3.08. The maximum Gasteiger partial charge on any atom is 0.262 e. The van der Waals surface area contributed by atoms with Gasteiger partial charge in [-0.2, -0.15) is 0 Å². The van der Waals surface area contributed by atoms with E-state index in [9.17, 15) is 9.59 Å². The van der Waals surface area contributed by atoms with E-state index in [0.717, 1.165) is 12.2 Å². The van der Waals surface area contributed by atoms with Gasteiger partial charge < -0.3 is 10.5 Å². The quantitative estimate of drug-likeness (QED) is 0.784. The van der Waals surface area contributed by atoms with Crippen molar-refractivity contribution in [2.24, 2.45) is 5.73 Å². The van der Waals surface area contributed by atoms with Crippen LogP contribution in [0.15, 0.2) is 54.7 Å². The fourth-order valence-electron chi connectivity index (χ4n) is 2.60. The molecule has 1 heterocycles. The number of fused-ring (bicyclic) bond motifs is 1. The molecular weight excluding hydrogens is 304 g/mol. The van der Waals surface area contributed by atoms with E-state index in [0.29, 0.717) is 28.6 Å². The molecule has 0 spiro atoms. The predicted octanol–water partition coefficient (Wildman–Crippen LogP) is 3.22. The average molecular weight is 322 g/mol. The highest BCUT2D eigenvalue weighted by Crippen LogP contribution is 2.23. The van der Waals surface area contributed by atoms with Crippen molar-refractivity contribution in [1.29, 1.82) is 0 Å². The van der Waals surface area contributed by atoms with Crippen LogP contribution in [0.1, 0.15) is 34.1 Å². The van der Waals surface area contributed by atoms with Gasteiger partial charge in [0.2, 0.25) is 0 Å². The second kappa shape index (κ2) is 6.58. The lowest BCUT2D eigenvalue weighted by Gasteiger charge is -2.07. The number of hydrogen-bond acceptors (Lipinski definition) is 3. The van der Waals surface area contributed by atoms with Crippen LogP contribution in [-0.4, -0.2) is 23.0 Å². The normalized spacial score (nSPS) is 10.7. The molecule has 5 heteroatoms. The van der Waals surface area contributed by atoms with Gasteiger partial charge in [0.05, 0.1) is 17.7 Å². The van der Waals surface area contributed by atoms with Crippen LogP contribution in [0.5, 0.6) is 5.75 Å². The molecule has 0 radical (unpaired) electrons. The lowest BCUT2D eigenvalue weighted by molar-refractivity contribution is 0.0965. The minimum Gasteiger partial charge on any atom is -0.494 e. The number of ether oxygens (including phenoxy) is 1. The van der Waals surface area contributed by atoms with Crippen molar-refractivity contribution in [3.63, 3.8) is 0 Å². The summed E-state index contributed by atoms with van der Waals surface area (Å²) in [4.78, 5) is 24.4. The summed E-state index contributed by atoms with van der Waals surface area (Å²) in [7, 11) is 0. The summed E-state index contributed by atoms with van der Waals surface area (Å²) >= 11 is 0. The number of carbonyl (C=O) groups excluding carboxylic acids is 2. The van der Waals surface area contributed by atoms with Crippen LogP contribution in [-0.2, 0) is 0 Å². The monoisotopic (exact) mass is 322 g/mol. The van der Waals surface area contributed by atoms with Gasteiger partial charge in [0.15, 0.2) is 0 Å². The minimum absolute atomic E-state index is 0.222. The van der Waals surface area contributed by atoms with E-state index in [1.54, 1.807) is 36.4 Å². The predicted molar refractivity (Wildman–Crippen MR) is 92.4 cm³/mol. The van der Waals surface area contributed by atoms with Crippen molar-refractivity contribution in [3.05, 3.63) is 65.9 Å². The number of nitrogens with two attached hydrogens (primary N) is 1. The number of hydrogen-bond donors (Lipinski definition) is 1. The summed E-state index contributed by atoms with van der Waals surface area (Å²) in [5, 5.41) is 0.668. The molecule has 5 nitrogen and oxygen atoms in total. The Morgan fingerprint density at radius 3 is 2.46 bits per heavy atom. The maximum absolute atomic E-state index is 12.8. The molecule has 122 valence electrons. The Bertz CT molecular complexity index is 895. The number of para-hydroxylation sites is 1. The zero-order chi connectivity index (χ0) is 17.1. The van der Waals surface area contributed by atoms with Crippen molar-refractivity contribution in [3.8, 4) is 5.75 Å². The lowest BCUT2D eigenvalue weighted by atomic mass is 10.1. The molecule has 0 saturated carbocycles. The van der Waals surface area contributed by atoms with Gasteiger partial charge in [-0.3, -0.25) is 14.2 Å². The largest absolute Gasteiger partial charge is 0.494 e. The summed E-state index contributed by atoms with van der Waals surface area (Å²) in [6, 6.07) is 14.2. The van der Waals surface area contributed by atoms with Crippen LogP contribution in [0.3, 0.4) is 0 Å². The highest BCUT2D eigenvalue weighted by atomic mass is 16.5. The van der Waals surface area contributed by atoms with E-state index in [4.69, 9.17) is 10.5 Å². The molecule has 0 atom stereocenters. The van der Waals surface area contributed by atoms with Crippen LogP contribution >= 0.6 is 0 Å². The van der Waals surface area contributed by atoms with Gasteiger partial charge in [0.25, 0.3) is 11.8 Å². The summed E-state index contributed by atoms with van der Waals surface area (Å²) in [5.41, 5.74) is 6.92. The molecule has 1 amide bonds. The van der Waals surface area contributed by atoms with Gasteiger partial charge in [-0.15, -0.1) is 0 Å². The van der Waals surface area contributed by atoms with Crippen LogP contribution in [0, 0.1) is 0 Å². The molecule has 0 aliphatic heterocycles. The fourth-order valence-corrected chi connectivity index (χ4v) is 2.60. The Morgan fingerprint density at radius 2 is 1.79 bits per heavy atom. The molecule has 1 aromatic heterocycles. The Kier molecular flexibility index (Phi) is 4.33. The van der Waals surface area contributed by atoms with E-state index < -0.39 is 5.91 Å². The van der Waals surface area contributed by atoms with Crippen molar-refractivity contribution in [2.75, 3.05) is 6.61 Å². The maximum atomic E-state index is 12.8. The van der Waals surface area contributed by atoms with Crippen molar-refractivity contribution >= 4 is 22.7 Å². The third kappa shape index (κ3) is 2.88. The molecular formula is C19H18N2O3. The van der Waals surface area contributed by atoms with Gasteiger partial charge in [0.1, 0.15) is 5.75 Å². The molecule has 3 aromatic rings.